The number of benzene rings is 1. The smallest absolute Gasteiger partial charge is 0.294 e. The van der Waals surface area contributed by atoms with Crippen molar-refractivity contribution in [3.8, 4) is 0 Å². The maximum Gasteiger partial charge on any atom is 0.294 e. The van der Waals surface area contributed by atoms with Crippen LogP contribution in [0.5, 0.6) is 0 Å². The summed E-state index contributed by atoms with van der Waals surface area (Å²) >= 11 is 1.62. The van der Waals surface area contributed by atoms with Gasteiger partial charge in [-0.3, -0.25) is 0 Å². The fourth-order valence-electron chi connectivity index (χ4n) is 2.64. The van der Waals surface area contributed by atoms with E-state index in [1.165, 1.54) is 11.1 Å². The predicted molar refractivity (Wildman–Crippen MR) is 96.0 cm³/mol. The van der Waals surface area contributed by atoms with Crippen LogP contribution in [0.4, 0.5) is 0 Å². The van der Waals surface area contributed by atoms with Crippen LogP contribution in [0.25, 0.3) is 0 Å². The fraction of sp³-hybridized carbons (Fsp3) is 0.500. The second-order valence-corrected chi connectivity index (χ2v) is 7.54. The molecule has 130 valence electrons. The zero-order valence-electron chi connectivity index (χ0n) is 14.6. The highest BCUT2D eigenvalue weighted by Gasteiger charge is 2.16. The molecule has 6 heteroatoms. The first-order chi connectivity index (χ1) is 11.4. The highest BCUT2D eigenvalue weighted by atomic mass is 32.1. The molecule has 0 saturated carbocycles. The first-order valence-corrected chi connectivity index (χ1v) is 9.00. The zero-order chi connectivity index (χ0) is 17.7. The molecule has 5 nitrogen and oxygen atoms in total. The van der Waals surface area contributed by atoms with Crippen molar-refractivity contribution >= 4 is 11.3 Å². The van der Waals surface area contributed by atoms with Gasteiger partial charge in [-0.05, 0) is 30.4 Å². The zero-order valence-corrected chi connectivity index (χ0v) is 15.4. The Morgan fingerprint density at radius 2 is 1.92 bits per heavy atom. The van der Waals surface area contributed by atoms with Crippen LogP contribution >= 0.6 is 11.3 Å². The molecule has 0 amide bonds. The number of nitrogens with zero attached hydrogens (tertiary/aromatic N) is 2. The molecule has 1 atom stereocenters. The molecule has 0 radical (unpaired) electrons. The van der Waals surface area contributed by atoms with E-state index < -0.39 is 5.09 Å². The summed E-state index contributed by atoms with van der Waals surface area (Å²) < 4.78 is 0. The van der Waals surface area contributed by atoms with Crippen LogP contribution in [0.3, 0.4) is 0 Å². The molecule has 0 aliphatic heterocycles. The normalized spacial score (nSPS) is 12.4. The van der Waals surface area contributed by atoms with E-state index in [2.05, 4.69) is 54.9 Å². The second kappa shape index (κ2) is 8.24. The van der Waals surface area contributed by atoms with E-state index in [0.717, 1.165) is 22.0 Å². The summed E-state index contributed by atoms with van der Waals surface area (Å²) in [6, 6.07) is 8.74. The quantitative estimate of drug-likeness (QED) is 0.518. The van der Waals surface area contributed by atoms with Crippen LogP contribution in [-0.2, 0) is 17.7 Å². The van der Waals surface area contributed by atoms with E-state index >= 15 is 0 Å². The maximum absolute atomic E-state index is 10.2. The van der Waals surface area contributed by atoms with Gasteiger partial charge in [-0.25, -0.2) is 4.98 Å². The Morgan fingerprint density at radius 3 is 2.50 bits per heavy atom. The van der Waals surface area contributed by atoms with Crippen LogP contribution in [0, 0.1) is 23.0 Å². The van der Waals surface area contributed by atoms with Gasteiger partial charge in [0.05, 0.1) is 5.69 Å². The van der Waals surface area contributed by atoms with E-state index in [0.29, 0.717) is 12.3 Å². The van der Waals surface area contributed by atoms with Gasteiger partial charge in [-0.2, -0.15) is 0 Å². The average Bonchev–Trinajstić information content (AvgIpc) is 2.88. The Bertz CT molecular complexity index is 680. The Hall–Kier alpha value is -1.95. The Balaban J connectivity index is 2.06. The molecular formula is C18H24N2O3S. The molecular weight excluding hydrogens is 324 g/mol. The summed E-state index contributed by atoms with van der Waals surface area (Å²) in [5.41, 5.74) is 3.53. The molecule has 1 aromatic heterocycles. The molecule has 0 N–H and O–H groups in total. The number of aromatic nitrogens is 1. The average molecular weight is 348 g/mol. The summed E-state index contributed by atoms with van der Waals surface area (Å²) in [5.74, 6) is 0.866. The van der Waals surface area contributed by atoms with Crippen molar-refractivity contribution in [1.29, 1.82) is 0 Å². The van der Waals surface area contributed by atoms with Gasteiger partial charge in [0, 0.05) is 17.2 Å². The molecule has 1 heterocycles. The lowest BCUT2D eigenvalue weighted by molar-refractivity contribution is -0.757. The highest BCUT2D eigenvalue weighted by molar-refractivity contribution is 7.11. The van der Waals surface area contributed by atoms with Gasteiger partial charge in [0.15, 0.2) is 0 Å². The lowest BCUT2D eigenvalue weighted by atomic mass is 9.97. The van der Waals surface area contributed by atoms with Gasteiger partial charge in [0.2, 0.25) is 0 Å². The molecule has 0 aliphatic carbocycles. The van der Waals surface area contributed by atoms with Gasteiger partial charge in [0.1, 0.15) is 11.6 Å². The highest BCUT2D eigenvalue weighted by Crippen LogP contribution is 2.30. The van der Waals surface area contributed by atoms with Crippen LogP contribution in [0.15, 0.2) is 24.3 Å². The Morgan fingerprint density at radius 1 is 1.25 bits per heavy atom. The third-order valence-electron chi connectivity index (χ3n) is 3.93. The molecule has 0 aliphatic rings. The van der Waals surface area contributed by atoms with E-state index in [1.54, 1.807) is 11.3 Å². The summed E-state index contributed by atoms with van der Waals surface area (Å²) in [5, 5.41) is 10.5. The number of aryl methyl sites for hydroxylation is 1. The molecule has 2 rings (SSSR count). The second-order valence-electron chi connectivity index (χ2n) is 6.43. The van der Waals surface area contributed by atoms with Crippen molar-refractivity contribution in [3.63, 3.8) is 0 Å². The van der Waals surface area contributed by atoms with Gasteiger partial charge >= 0.3 is 0 Å². The number of hydrogen-bond acceptors (Lipinski definition) is 5. The van der Waals surface area contributed by atoms with Crippen molar-refractivity contribution < 1.29 is 9.92 Å². The van der Waals surface area contributed by atoms with Crippen LogP contribution in [-0.4, -0.2) is 16.7 Å². The molecule has 1 aromatic carbocycles. The summed E-state index contributed by atoms with van der Waals surface area (Å²) in [6.45, 7) is 8.61. The molecule has 0 fully saturated rings. The first kappa shape index (κ1) is 18.4. The van der Waals surface area contributed by atoms with E-state index in [1.807, 2.05) is 6.92 Å². The van der Waals surface area contributed by atoms with Crippen molar-refractivity contribution in [1.82, 2.24) is 4.98 Å². The van der Waals surface area contributed by atoms with Crippen molar-refractivity contribution in [3.05, 3.63) is 61.1 Å². The van der Waals surface area contributed by atoms with E-state index in [4.69, 9.17) is 0 Å². The minimum atomic E-state index is -0.751. The van der Waals surface area contributed by atoms with E-state index in [9.17, 15) is 10.1 Å². The minimum absolute atomic E-state index is 0.0771. The predicted octanol–water partition coefficient (Wildman–Crippen LogP) is 4.55. The third-order valence-corrected chi connectivity index (χ3v) is 5.33. The lowest BCUT2D eigenvalue weighted by Crippen LogP contribution is -2.04. The van der Waals surface area contributed by atoms with Gasteiger partial charge in [0.25, 0.3) is 5.09 Å². The van der Waals surface area contributed by atoms with Crippen molar-refractivity contribution in [2.24, 2.45) is 5.92 Å². The third kappa shape index (κ3) is 5.03. The molecule has 2 aromatic rings. The SMILES string of the molecule is Cc1nc(C(C)c2ccc(CC(C)C)cc2)sc1CCO[N+](=O)[O-]. The number of hydrogen-bond donors (Lipinski definition) is 0. The first-order valence-electron chi connectivity index (χ1n) is 8.19. The minimum Gasteiger partial charge on any atom is -0.314 e. The number of rotatable bonds is 8. The van der Waals surface area contributed by atoms with Crippen LogP contribution in [0.1, 0.15) is 53.4 Å². The molecule has 0 saturated heterocycles. The lowest BCUT2D eigenvalue weighted by Gasteiger charge is -2.11. The largest absolute Gasteiger partial charge is 0.314 e. The van der Waals surface area contributed by atoms with Crippen LogP contribution in [0.2, 0.25) is 0 Å². The monoisotopic (exact) mass is 348 g/mol. The van der Waals surface area contributed by atoms with E-state index in [-0.39, 0.29) is 12.5 Å². The van der Waals surface area contributed by atoms with Crippen molar-refractivity contribution in [2.45, 2.75) is 46.5 Å². The van der Waals surface area contributed by atoms with Gasteiger partial charge in [-0.15, -0.1) is 21.5 Å². The van der Waals surface area contributed by atoms with Gasteiger partial charge in [-0.1, -0.05) is 45.0 Å². The van der Waals surface area contributed by atoms with Gasteiger partial charge < -0.3 is 4.84 Å². The Labute approximate surface area is 146 Å². The summed E-state index contributed by atoms with van der Waals surface area (Å²) in [4.78, 5) is 20.3. The molecule has 24 heavy (non-hydrogen) atoms. The topological polar surface area (TPSA) is 65.3 Å². The Kier molecular flexibility index (Phi) is 6.31. The summed E-state index contributed by atoms with van der Waals surface area (Å²) in [6.07, 6.45) is 1.61. The standard InChI is InChI=1S/C18H24N2O3S/c1-12(2)11-15-5-7-16(8-6-15)13(3)18-19-14(4)17(24-18)9-10-23-20(21)22/h5-8,12-13H,9-11H2,1-4H3. The molecule has 0 spiro atoms. The van der Waals surface area contributed by atoms with Crippen LogP contribution < -0.4 is 0 Å². The van der Waals surface area contributed by atoms with Crippen molar-refractivity contribution in [2.75, 3.05) is 6.61 Å². The fourth-order valence-corrected chi connectivity index (χ4v) is 3.76. The number of thiazole rings is 1. The maximum atomic E-state index is 10.2. The molecule has 1 unspecified atom stereocenters. The summed E-state index contributed by atoms with van der Waals surface area (Å²) in [7, 11) is 0. The molecule has 0 bridgehead atoms.